The Morgan fingerprint density at radius 2 is 1.73 bits per heavy atom. The Morgan fingerprint density at radius 3 is 2.38 bits per heavy atom. The molecular weight excluding hydrogens is 510 g/mol. The van der Waals surface area contributed by atoms with Gasteiger partial charge < -0.3 is 25.3 Å². The van der Waals surface area contributed by atoms with E-state index in [0.717, 1.165) is 73.6 Å². The number of likely N-dealkylation sites (tertiary alicyclic amines) is 1. The SMILES string of the molecule is CN(C(=O)C1CSC(=O)N1)[C@@H]1CCN(c2ccc(NC(=O)N3CCC(c4ccc(Cl)cc4)CC3)cc2)C1. The van der Waals surface area contributed by atoms with E-state index in [4.69, 9.17) is 11.6 Å². The molecule has 1 unspecified atom stereocenters. The quantitative estimate of drug-likeness (QED) is 0.577. The van der Waals surface area contributed by atoms with Gasteiger partial charge in [0.15, 0.2) is 0 Å². The number of likely N-dealkylation sites (N-methyl/N-ethyl adjacent to an activating group) is 1. The molecule has 196 valence electrons. The molecule has 3 heterocycles. The normalized spacial score (nSPS) is 22.2. The van der Waals surface area contributed by atoms with Gasteiger partial charge in [0, 0.05) is 55.4 Å². The Kier molecular flexibility index (Phi) is 7.81. The summed E-state index contributed by atoms with van der Waals surface area (Å²) in [6.45, 7) is 3.04. The molecule has 8 nitrogen and oxygen atoms in total. The van der Waals surface area contributed by atoms with Crippen LogP contribution in [0.1, 0.15) is 30.7 Å². The summed E-state index contributed by atoms with van der Waals surface area (Å²) in [5.74, 6) is 0.918. The molecule has 3 aliphatic heterocycles. The number of hydrogen-bond donors (Lipinski definition) is 2. The van der Waals surface area contributed by atoms with E-state index in [1.807, 2.05) is 48.3 Å². The molecule has 0 saturated carbocycles. The van der Waals surface area contributed by atoms with Crippen LogP contribution in [0.5, 0.6) is 0 Å². The average Bonchev–Trinajstić information content (AvgIpc) is 3.58. The van der Waals surface area contributed by atoms with Gasteiger partial charge in [0.1, 0.15) is 6.04 Å². The summed E-state index contributed by atoms with van der Waals surface area (Å²) in [6, 6.07) is 15.5. The molecule has 0 bridgehead atoms. The second-order valence-corrected chi connectivity index (χ2v) is 11.4. The summed E-state index contributed by atoms with van der Waals surface area (Å²) in [6.07, 6.45) is 2.75. The molecule has 10 heteroatoms. The molecule has 3 saturated heterocycles. The number of halogens is 1. The number of nitrogens with one attached hydrogen (secondary N) is 2. The van der Waals surface area contributed by atoms with E-state index < -0.39 is 6.04 Å². The van der Waals surface area contributed by atoms with Crippen molar-refractivity contribution >= 4 is 51.9 Å². The minimum atomic E-state index is -0.428. The van der Waals surface area contributed by atoms with Crippen molar-refractivity contribution in [3.05, 3.63) is 59.1 Å². The van der Waals surface area contributed by atoms with Crippen LogP contribution in [-0.4, -0.2) is 78.0 Å². The maximum atomic E-state index is 12.8. The van der Waals surface area contributed by atoms with Crippen LogP contribution in [0.2, 0.25) is 5.02 Å². The summed E-state index contributed by atoms with van der Waals surface area (Å²) in [5, 5.41) is 6.38. The van der Waals surface area contributed by atoms with E-state index in [0.29, 0.717) is 11.7 Å². The molecule has 0 radical (unpaired) electrons. The second-order valence-electron chi connectivity index (χ2n) is 9.92. The van der Waals surface area contributed by atoms with Crippen LogP contribution < -0.4 is 15.5 Å². The molecule has 3 fully saturated rings. The zero-order chi connectivity index (χ0) is 25.9. The minimum Gasteiger partial charge on any atom is -0.369 e. The lowest BCUT2D eigenvalue weighted by Gasteiger charge is -2.32. The molecule has 0 spiro atoms. The van der Waals surface area contributed by atoms with Crippen LogP contribution in [0.3, 0.4) is 0 Å². The van der Waals surface area contributed by atoms with E-state index >= 15 is 0 Å². The number of piperidine rings is 1. The van der Waals surface area contributed by atoms with E-state index in [9.17, 15) is 14.4 Å². The number of urea groups is 1. The fourth-order valence-corrected chi connectivity index (χ4v) is 6.24. The van der Waals surface area contributed by atoms with Crippen molar-refractivity contribution in [1.82, 2.24) is 15.1 Å². The Bertz CT molecular complexity index is 1140. The lowest BCUT2D eigenvalue weighted by Crippen LogP contribution is -2.48. The summed E-state index contributed by atoms with van der Waals surface area (Å²) < 4.78 is 0. The first-order valence-corrected chi connectivity index (χ1v) is 14.1. The monoisotopic (exact) mass is 541 g/mol. The van der Waals surface area contributed by atoms with Gasteiger partial charge in [0.05, 0.1) is 6.04 Å². The third-order valence-electron chi connectivity index (χ3n) is 7.64. The maximum Gasteiger partial charge on any atom is 0.321 e. The number of carbonyl (C=O) groups excluding carboxylic acids is 3. The summed E-state index contributed by atoms with van der Waals surface area (Å²) >= 11 is 7.17. The number of thioether (sulfide) groups is 1. The fraction of sp³-hybridized carbons (Fsp3) is 0.444. The minimum absolute atomic E-state index is 0.0274. The third-order valence-corrected chi connectivity index (χ3v) is 8.77. The molecule has 2 N–H and O–H groups in total. The van der Waals surface area contributed by atoms with Crippen molar-refractivity contribution in [3.63, 3.8) is 0 Å². The Morgan fingerprint density at radius 1 is 1.03 bits per heavy atom. The molecule has 37 heavy (non-hydrogen) atoms. The van der Waals surface area contributed by atoms with E-state index in [-0.39, 0.29) is 23.2 Å². The predicted molar refractivity (Wildman–Crippen MR) is 149 cm³/mol. The fourth-order valence-electron chi connectivity index (χ4n) is 5.34. The van der Waals surface area contributed by atoms with Crippen LogP contribution in [0.15, 0.2) is 48.5 Å². The topological polar surface area (TPSA) is 85.0 Å². The van der Waals surface area contributed by atoms with Crippen molar-refractivity contribution < 1.29 is 14.4 Å². The molecule has 2 aromatic rings. The molecular formula is C27H32ClN5O3S. The van der Waals surface area contributed by atoms with Gasteiger partial charge in [0.25, 0.3) is 5.24 Å². The van der Waals surface area contributed by atoms with Crippen LogP contribution in [-0.2, 0) is 4.79 Å². The highest BCUT2D eigenvalue weighted by Crippen LogP contribution is 2.30. The van der Waals surface area contributed by atoms with Gasteiger partial charge in [-0.15, -0.1) is 0 Å². The molecule has 5 rings (SSSR count). The smallest absolute Gasteiger partial charge is 0.321 e. The van der Waals surface area contributed by atoms with Crippen LogP contribution in [0.4, 0.5) is 21.0 Å². The summed E-state index contributed by atoms with van der Waals surface area (Å²) in [7, 11) is 1.82. The zero-order valence-corrected chi connectivity index (χ0v) is 22.4. The van der Waals surface area contributed by atoms with Gasteiger partial charge in [0.2, 0.25) is 5.91 Å². The van der Waals surface area contributed by atoms with Crippen molar-refractivity contribution in [2.75, 3.05) is 49.2 Å². The first-order valence-electron chi connectivity index (χ1n) is 12.7. The lowest BCUT2D eigenvalue weighted by molar-refractivity contribution is -0.132. The van der Waals surface area contributed by atoms with Gasteiger partial charge in [-0.05, 0) is 67.1 Å². The first kappa shape index (κ1) is 25.7. The van der Waals surface area contributed by atoms with E-state index in [1.54, 1.807) is 4.90 Å². The second kappa shape index (κ2) is 11.2. The maximum absolute atomic E-state index is 12.8. The van der Waals surface area contributed by atoms with Gasteiger partial charge >= 0.3 is 6.03 Å². The number of amides is 4. The van der Waals surface area contributed by atoms with Gasteiger partial charge in [-0.2, -0.15) is 0 Å². The van der Waals surface area contributed by atoms with Crippen LogP contribution in [0.25, 0.3) is 0 Å². The number of carbonyl (C=O) groups is 3. The van der Waals surface area contributed by atoms with Crippen LogP contribution in [0, 0.1) is 0 Å². The standard InChI is InChI=1S/C27H32ClN5O3S/c1-31(25(34)24-17-37-27(36)30-24)23-12-15-33(16-23)22-8-6-21(7-9-22)29-26(35)32-13-10-19(11-14-32)18-2-4-20(28)5-3-18/h2-9,19,23-24H,10-17H2,1H3,(H,29,35)(H,30,36)/t23-,24?/m1/s1. The van der Waals surface area contributed by atoms with E-state index in [2.05, 4.69) is 27.7 Å². The molecule has 0 aromatic heterocycles. The van der Waals surface area contributed by atoms with Crippen molar-refractivity contribution in [1.29, 1.82) is 0 Å². The lowest BCUT2D eigenvalue weighted by atomic mass is 9.89. The van der Waals surface area contributed by atoms with Gasteiger partial charge in [-0.25, -0.2) is 4.79 Å². The Balaban J connectivity index is 1.09. The van der Waals surface area contributed by atoms with Crippen molar-refractivity contribution in [3.8, 4) is 0 Å². The molecule has 2 aromatic carbocycles. The van der Waals surface area contributed by atoms with Crippen molar-refractivity contribution in [2.24, 2.45) is 0 Å². The Hall–Kier alpha value is -2.91. The molecule has 3 aliphatic rings. The van der Waals surface area contributed by atoms with Crippen molar-refractivity contribution in [2.45, 2.75) is 37.3 Å². The number of nitrogens with zero attached hydrogens (tertiary/aromatic N) is 3. The summed E-state index contributed by atoms with van der Waals surface area (Å²) in [5.41, 5.74) is 3.12. The largest absolute Gasteiger partial charge is 0.369 e. The molecule has 2 atom stereocenters. The highest BCUT2D eigenvalue weighted by molar-refractivity contribution is 8.14. The third kappa shape index (κ3) is 5.99. The number of benzene rings is 2. The first-order chi connectivity index (χ1) is 17.9. The highest BCUT2D eigenvalue weighted by atomic mass is 35.5. The van der Waals surface area contributed by atoms with Gasteiger partial charge in [-0.1, -0.05) is 35.5 Å². The highest BCUT2D eigenvalue weighted by Gasteiger charge is 2.35. The number of rotatable bonds is 5. The Labute approximate surface area is 226 Å². The zero-order valence-electron chi connectivity index (χ0n) is 20.9. The van der Waals surface area contributed by atoms with E-state index in [1.165, 1.54) is 5.56 Å². The number of hydrogen-bond acceptors (Lipinski definition) is 5. The molecule has 4 amide bonds. The average molecular weight is 542 g/mol. The number of anilines is 2. The predicted octanol–water partition coefficient (Wildman–Crippen LogP) is 4.61. The molecule has 0 aliphatic carbocycles. The van der Waals surface area contributed by atoms with Gasteiger partial charge in [-0.3, -0.25) is 9.59 Å². The van der Waals surface area contributed by atoms with Crippen LogP contribution >= 0.6 is 23.4 Å². The summed E-state index contributed by atoms with van der Waals surface area (Å²) in [4.78, 5) is 42.9.